The molecule has 3 aromatic rings. The van der Waals surface area contributed by atoms with Crippen LogP contribution in [-0.2, 0) is 0 Å². The van der Waals surface area contributed by atoms with Crippen molar-refractivity contribution < 1.29 is 4.79 Å². The average Bonchev–Trinajstić information content (AvgIpc) is 3.18. The smallest absolute Gasteiger partial charge is 0.274 e. The molecule has 1 atom stereocenters. The zero-order valence-corrected chi connectivity index (χ0v) is 14.8. The van der Waals surface area contributed by atoms with E-state index in [0.717, 1.165) is 17.7 Å². The molecule has 0 unspecified atom stereocenters. The van der Waals surface area contributed by atoms with E-state index in [-0.39, 0.29) is 17.4 Å². The van der Waals surface area contributed by atoms with Crippen LogP contribution in [0.4, 0.5) is 0 Å². The molecule has 1 saturated heterocycles. The van der Waals surface area contributed by atoms with Crippen LogP contribution in [0.1, 0.15) is 34.3 Å². The van der Waals surface area contributed by atoms with E-state index in [2.05, 4.69) is 24.9 Å². The number of carbonyl (C=O) groups excluding carboxylic acids is 1. The highest BCUT2D eigenvalue weighted by atomic mass is 16.2. The van der Waals surface area contributed by atoms with E-state index in [1.165, 1.54) is 12.3 Å². The fourth-order valence-corrected chi connectivity index (χ4v) is 3.17. The van der Waals surface area contributed by atoms with Gasteiger partial charge in [-0.2, -0.15) is 0 Å². The Hall–Kier alpha value is -3.42. The van der Waals surface area contributed by atoms with Gasteiger partial charge in [-0.05, 0) is 25.5 Å². The zero-order valence-electron chi connectivity index (χ0n) is 14.8. The Morgan fingerprint density at radius 2 is 2.04 bits per heavy atom. The maximum absolute atomic E-state index is 12.6. The first kappa shape index (κ1) is 17.0. The van der Waals surface area contributed by atoms with Gasteiger partial charge >= 0.3 is 0 Å². The molecule has 1 N–H and O–H groups in total. The van der Waals surface area contributed by atoms with Crippen molar-refractivity contribution in [3.8, 4) is 11.3 Å². The van der Waals surface area contributed by atoms with Crippen molar-refractivity contribution >= 4 is 5.91 Å². The summed E-state index contributed by atoms with van der Waals surface area (Å²) in [4.78, 5) is 46.1. The quantitative estimate of drug-likeness (QED) is 0.758. The lowest BCUT2D eigenvalue weighted by Gasteiger charge is -2.16. The van der Waals surface area contributed by atoms with Gasteiger partial charge in [-0.1, -0.05) is 0 Å². The maximum Gasteiger partial charge on any atom is 0.274 e. The molecule has 1 fully saturated rings. The molecular formula is C19H18N6O2. The van der Waals surface area contributed by atoms with Crippen molar-refractivity contribution in [1.82, 2.24) is 29.8 Å². The second kappa shape index (κ2) is 7.06. The Bertz CT molecular complexity index is 1020. The Morgan fingerprint density at radius 3 is 2.78 bits per heavy atom. The van der Waals surface area contributed by atoms with E-state index in [1.54, 1.807) is 23.5 Å². The lowest BCUT2D eigenvalue weighted by molar-refractivity contribution is 0.0784. The van der Waals surface area contributed by atoms with E-state index in [4.69, 9.17) is 0 Å². The van der Waals surface area contributed by atoms with Gasteiger partial charge in [0.25, 0.3) is 11.5 Å². The summed E-state index contributed by atoms with van der Waals surface area (Å²) in [5, 5.41) is 0. The molecule has 0 aromatic carbocycles. The third-order valence-electron chi connectivity index (χ3n) is 4.60. The monoisotopic (exact) mass is 362 g/mol. The number of amides is 1. The summed E-state index contributed by atoms with van der Waals surface area (Å²) in [7, 11) is 0. The molecule has 0 radical (unpaired) electrons. The van der Waals surface area contributed by atoms with Crippen LogP contribution in [0.15, 0.2) is 47.8 Å². The number of rotatable bonds is 3. The average molecular weight is 362 g/mol. The van der Waals surface area contributed by atoms with Crippen molar-refractivity contribution in [1.29, 1.82) is 0 Å². The van der Waals surface area contributed by atoms with Crippen LogP contribution in [0.3, 0.4) is 0 Å². The van der Waals surface area contributed by atoms with Crippen LogP contribution in [0.25, 0.3) is 11.3 Å². The van der Waals surface area contributed by atoms with Gasteiger partial charge in [-0.25, -0.2) is 9.97 Å². The van der Waals surface area contributed by atoms with Gasteiger partial charge in [0.2, 0.25) is 0 Å². The van der Waals surface area contributed by atoms with Crippen LogP contribution in [-0.4, -0.2) is 48.8 Å². The fraction of sp³-hybridized carbons (Fsp3) is 0.263. The number of aromatic amines is 1. The number of H-pyrrole nitrogens is 1. The molecule has 4 heterocycles. The van der Waals surface area contributed by atoms with E-state index < -0.39 is 0 Å². The van der Waals surface area contributed by atoms with E-state index in [1.807, 2.05) is 19.1 Å². The van der Waals surface area contributed by atoms with Crippen molar-refractivity contribution in [2.45, 2.75) is 19.3 Å². The molecule has 1 aliphatic rings. The maximum atomic E-state index is 12.6. The Kier molecular flexibility index (Phi) is 4.45. The predicted molar refractivity (Wildman–Crippen MR) is 98.1 cm³/mol. The third kappa shape index (κ3) is 3.59. The van der Waals surface area contributed by atoms with Crippen molar-refractivity contribution in [2.75, 3.05) is 13.1 Å². The zero-order chi connectivity index (χ0) is 18.8. The van der Waals surface area contributed by atoms with Gasteiger partial charge < -0.3 is 9.88 Å². The lowest BCUT2D eigenvalue weighted by Crippen LogP contribution is -2.29. The molecule has 8 heteroatoms. The number of hydrogen-bond donors (Lipinski definition) is 1. The van der Waals surface area contributed by atoms with Crippen molar-refractivity contribution in [3.63, 3.8) is 0 Å². The first-order valence-corrected chi connectivity index (χ1v) is 8.70. The summed E-state index contributed by atoms with van der Waals surface area (Å²) in [6, 6.07) is 5.09. The van der Waals surface area contributed by atoms with Crippen molar-refractivity contribution in [2.24, 2.45) is 0 Å². The second-order valence-corrected chi connectivity index (χ2v) is 6.53. The van der Waals surface area contributed by atoms with Gasteiger partial charge in [0.05, 0.1) is 17.6 Å². The number of aryl methyl sites for hydroxylation is 1. The number of nitrogens with one attached hydrogen (secondary N) is 1. The molecule has 1 amide bonds. The number of likely N-dealkylation sites (tertiary alicyclic amines) is 1. The summed E-state index contributed by atoms with van der Waals surface area (Å²) in [6.45, 7) is 2.89. The Morgan fingerprint density at radius 1 is 1.22 bits per heavy atom. The number of pyridine rings is 1. The molecule has 0 saturated carbocycles. The molecule has 1 aliphatic heterocycles. The molecule has 0 bridgehead atoms. The molecule has 8 nitrogen and oxygen atoms in total. The van der Waals surface area contributed by atoms with Gasteiger partial charge in [0.15, 0.2) is 0 Å². The third-order valence-corrected chi connectivity index (χ3v) is 4.60. The molecule has 4 rings (SSSR count). The first-order chi connectivity index (χ1) is 13.1. The first-order valence-electron chi connectivity index (χ1n) is 8.70. The number of carbonyl (C=O) groups is 1. The second-order valence-electron chi connectivity index (χ2n) is 6.53. The summed E-state index contributed by atoms with van der Waals surface area (Å²) in [6.07, 6.45) is 7.13. The SMILES string of the molecule is Cc1cnc(C(=O)N2CC[C@@H](c3nc(-c4ccncc4)cc(=O)[nH]3)C2)cn1. The molecule has 27 heavy (non-hydrogen) atoms. The van der Waals surface area contributed by atoms with Gasteiger partial charge in [0.1, 0.15) is 11.5 Å². The normalized spacial score (nSPS) is 16.5. The topological polar surface area (TPSA) is 105 Å². The van der Waals surface area contributed by atoms with Crippen molar-refractivity contribution in [3.05, 3.63) is 70.6 Å². The highest BCUT2D eigenvalue weighted by molar-refractivity contribution is 5.92. The van der Waals surface area contributed by atoms with Crippen LogP contribution in [0.2, 0.25) is 0 Å². The molecule has 0 aliphatic carbocycles. The largest absolute Gasteiger partial charge is 0.337 e. The van der Waals surface area contributed by atoms with Gasteiger partial charge in [0, 0.05) is 49.2 Å². The van der Waals surface area contributed by atoms with Gasteiger partial charge in [-0.15, -0.1) is 0 Å². The van der Waals surface area contributed by atoms with E-state index in [9.17, 15) is 9.59 Å². The molecular weight excluding hydrogens is 344 g/mol. The molecule has 0 spiro atoms. The Labute approximate surface area is 155 Å². The molecule has 3 aromatic heterocycles. The number of aromatic nitrogens is 5. The van der Waals surface area contributed by atoms with E-state index in [0.29, 0.717) is 30.3 Å². The summed E-state index contributed by atoms with van der Waals surface area (Å²) in [5.41, 5.74) is 2.32. The summed E-state index contributed by atoms with van der Waals surface area (Å²) >= 11 is 0. The number of nitrogens with zero attached hydrogens (tertiary/aromatic N) is 5. The minimum Gasteiger partial charge on any atom is -0.337 e. The van der Waals surface area contributed by atoms with E-state index >= 15 is 0 Å². The van der Waals surface area contributed by atoms with Crippen LogP contribution in [0, 0.1) is 6.92 Å². The minimum absolute atomic E-state index is 0.0261. The van der Waals surface area contributed by atoms with Crippen LogP contribution >= 0.6 is 0 Å². The number of hydrogen-bond acceptors (Lipinski definition) is 6. The predicted octanol–water partition coefficient (Wildman–Crippen LogP) is 1.56. The summed E-state index contributed by atoms with van der Waals surface area (Å²) in [5.74, 6) is 0.416. The summed E-state index contributed by atoms with van der Waals surface area (Å²) < 4.78 is 0. The van der Waals surface area contributed by atoms with Crippen LogP contribution in [0.5, 0.6) is 0 Å². The highest BCUT2D eigenvalue weighted by Gasteiger charge is 2.30. The van der Waals surface area contributed by atoms with Gasteiger partial charge in [-0.3, -0.25) is 19.6 Å². The Balaban J connectivity index is 1.55. The lowest BCUT2D eigenvalue weighted by atomic mass is 10.1. The molecule has 136 valence electrons. The standard InChI is InChI=1S/C19H18N6O2/c1-12-9-22-16(10-21-12)19(27)25-7-4-14(11-25)18-23-15(8-17(26)24-18)13-2-5-20-6-3-13/h2-3,5-6,8-10,14H,4,7,11H2,1H3,(H,23,24,26)/t14-/m1/s1. The van der Waals surface area contributed by atoms with Crippen LogP contribution < -0.4 is 5.56 Å². The fourth-order valence-electron chi connectivity index (χ4n) is 3.17. The minimum atomic E-state index is -0.207. The highest BCUT2D eigenvalue weighted by Crippen LogP contribution is 2.26.